The standard InChI is InChI=1S/C11H15FN2O3S/c1-13-11(15)7-10(14-18(2,16)17)8-3-5-9(12)6-4-8/h3-6,10,14H,7H2,1-2H3,(H,13,15)/t10-/m0/s1. The summed E-state index contributed by atoms with van der Waals surface area (Å²) in [6, 6.07) is 4.62. The van der Waals surface area contributed by atoms with E-state index in [-0.39, 0.29) is 12.3 Å². The minimum absolute atomic E-state index is 0.0464. The van der Waals surface area contributed by atoms with Crippen LogP contribution in [-0.2, 0) is 14.8 Å². The van der Waals surface area contributed by atoms with Gasteiger partial charge in [0.2, 0.25) is 15.9 Å². The Morgan fingerprint density at radius 2 is 1.89 bits per heavy atom. The van der Waals surface area contributed by atoms with E-state index >= 15 is 0 Å². The van der Waals surface area contributed by atoms with Gasteiger partial charge in [0, 0.05) is 13.5 Å². The normalized spacial score (nSPS) is 13.1. The second-order valence-electron chi connectivity index (χ2n) is 3.87. The average Bonchev–Trinajstić information content (AvgIpc) is 2.27. The molecule has 0 radical (unpaired) electrons. The van der Waals surface area contributed by atoms with Gasteiger partial charge in [0.25, 0.3) is 0 Å². The number of sulfonamides is 1. The molecule has 0 unspecified atom stereocenters. The second kappa shape index (κ2) is 5.92. The van der Waals surface area contributed by atoms with Crippen molar-refractivity contribution in [1.82, 2.24) is 10.0 Å². The quantitative estimate of drug-likeness (QED) is 0.823. The van der Waals surface area contributed by atoms with Gasteiger partial charge in [-0.2, -0.15) is 0 Å². The molecule has 0 saturated heterocycles. The molecule has 18 heavy (non-hydrogen) atoms. The Morgan fingerprint density at radius 3 is 2.33 bits per heavy atom. The lowest BCUT2D eigenvalue weighted by Crippen LogP contribution is -2.32. The molecule has 2 N–H and O–H groups in total. The monoisotopic (exact) mass is 274 g/mol. The maximum atomic E-state index is 12.8. The van der Waals surface area contributed by atoms with Crippen LogP contribution in [0, 0.1) is 5.82 Å². The molecule has 0 aromatic heterocycles. The van der Waals surface area contributed by atoms with E-state index in [4.69, 9.17) is 0 Å². The van der Waals surface area contributed by atoms with Crippen LogP contribution >= 0.6 is 0 Å². The lowest BCUT2D eigenvalue weighted by molar-refractivity contribution is -0.121. The van der Waals surface area contributed by atoms with Crippen LogP contribution in [0.1, 0.15) is 18.0 Å². The summed E-state index contributed by atoms with van der Waals surface area (Å²) in [5.74, 6) is -0.725. The van der Waals surface area contributed by atoms with Crippen molar-refractivity contribution in [2.45, 2.75) is 12.5 Å². The minimum atomic E-state index is -3.46. The van der Waals surface area contributed by atoms with Gasteiger partial charge in [-0.25, -0.2) is 17.5 Å². The Bertz CT molecular complexity index is 514. The third-order valence-electron chi connectivity index (χ3n) is 2.30. The molecule has 0 heterocycles. The fourth-order valence-corrected chi connectivity index (χ4v) is 2.20. The largest absolute Gasteiger partial charge is 0.359 e. The fourth-order valence-electron chi connectivity index (χ4n) is 1.47. The Labute approximate surface area is 105 Å². The third-order valence-corrected chi connectivity index (χ3v) is 3.01. The number of hydrogen-bond acceptors (Lipinski definition) is 3. The summed E-state index contributed by atoms with van der Waals surface area (Å²) in [6.07, 6.45) is 0.961. The molecule has 1 aromatic rings. The first kappa shape index (κ1) is 14.6. The molecular formula is C11H15FN2O3S. The Morgan fingerprint density at radius 1 is 1.33 bits per heavy atom. The zero-order valence-electron chi connectivity index (χ0n) is 10.1. The molecular weight excluding hydrogens is 259 g/mol. The van der Waals surface area contributed by atoms with E-state index in [0.717, 1.165) is 6.26 Å². The molecule has 0 aliphatic heterocycles. The van der Waals surface area contributed by atoms with Gasteiger partial charge in [0.15, 0.2) is 0 Å². The highest BCUT2D eigenvalue weighted by atomic mass is 32.2. The fraction of sp³-hybridized carbons (Fsp3) is 0.364. The maximum absolute atomic E-state index is 12.8. The van der Waals surface area contributed by atoms with Crippen molar-refractivity contribution >= 4 is 15.9 Å². The summed E-state index contributed by atoms with van der Waals surface area (Å²) in [4.78, 5) is 11.3. The summed E-state index contributed by atoms with van der Waals surface area (Å²) in [5, 5.41) is 2.41. The second-order valence-corrected chi connectivity index (χ2v) is 5.65. The van der Waals surface area contributed by atoms with Gasteiger partial charge in [-0.3, -0.25) is 4.79 Å². The molecule has 5 nitrogen and oxygen atoms in total. The van der Waals surface area contributed by atoms with E-state index in [1.165, 1.54) is 31.3 Å². The summed E-state index contributed by atoms with van der Waals surface area (Å²) in [6.45, 7) is 0. The van der Waals surface area contributed by atoms with Gasteiger partial charge in [-0.15, -0.1) is 0 Å². The summed E-state index contributed by atoms with van der Waals surface area (Å²) in [7, 11) is -2.00. The molecule has 1 aromatic carbocycles. The molecule has 0 spiro atoms. The van der Waals surface area contributed by atoms with Crippen LogP contribution in [-0.4, -0.2) is 27.6 Å². The minimum Gasteiger partial charge on any atom is -0.359 e. The van der Waals surface area contributed by atoms with Crippen LogP contribution in [0.4, 0.5) is 4.39 Å². The highest BCUT2D eigenvalue weighted by Crippen LogP contribution is 2.18. The van der Waals surface area contributed by atoms with Crippen molar-refractivity contribution in [3.63, 3.8) is 0 Å². The third kappa shape index (κ3) is 4.80. The molecule has 0 aliphatic carbocycles. The predicted octanol–water partition coefficient (Wildman–Crippen LogP) is 0.552. The number of benzene rings is 1. The van der Waals surface area contributed by atoms with Crippen LogP contribution < -0.4 is 10.0 Å². The molecule has 0 saturated carbocycles. The van der Waals surface area contributed by atoms with E-state index in [1.807, 2.05) is 0 Å². The zero-order chi connectivity index (χ0) is 13.8. The maximum Gasteiger partial charge on any atom is 0.221 e. The predicted molar refractivity (Wildman–Crippen MR) is 65.8 cm³/mol. The van der Waals surface area contributed by atoms with E-state index in [2.05, 4.69) is 10.0 Å². The number of amides is 1. The van der Waals surface area contributed by atoms with Crippen LogP contribution in [0.2, 0.25) is 0 Å². The lowest BCUT2D eigenvalue weighted by Gasteiger charge is -2.17. The van der Waals surface area contributed by atoms with Gasteiger partial charge in [0.05, 0.1) is 12.3 Å². The first-order chi connectivity index (χ1) is 8.31. The van der Waals surface area contributed by atoms with Gasteiger partial charge in [-0.1, -0.05) is 12.1 Å². The van der Waals surface area contributed by atoms with E-state index in [9.17, 15) is 17.6 Å². The summed E-state index contributed by atoms with van der Waals surface area (Å²) in [5.41, 5.74) is 0.533. The number of halogens is 1. The van der Waals surface area contributed by atoms with Crippen molar-refractivity contribution in [3.8, 4) is 0 Å². The van der Waals surface area contributed by atoms with Crippen LogP contribution in [0.25, 0.3) is 0 Å². The van der Waals surface area contributed by atoms with Gasteiger partial charge < -0.3 is 5.32 Å². The molecule has 100 valence electrons. The summed E-state index contributed by atoms with van der Waals surface area (Å²) < 4.78 is 37.6. The molecule has 1 amide bonds. The first-order valence-corrected chi connectivity index (χ1v) is 7.14. The average molecular weight is 274 g/mol. The van der Waals surface area contributed by atoms with Crippen molar-refractivity contribution in [3.05, 3.63) is 35.6 Å². The Balaban J connectivity index is 2.96. The SMILES string of the molecule is CNC(=O)C[C@H](NS(C)(=O)=O)c1ccc(F)cc1. The molecule has 1 atom stereocenters. The lowest BCUT2D eigenvalue weighted by atomic mass is 10.0. The van der Waals surface area contributed by atoms with Gasteiger partial charge in [0.1, 0.15) is 5.82 Å². The zero-order valence-corrected chi connectivity index (χ0v) is 10.9. The van der Waals surface area contributed by atoms with E-state index in [0.29, 0.717) is 5.56 Å². The summed E-state index contributed by atoms with van der Waals surface area (Å²) >= 11 is 0. The molecule has 0 aliphatic rings. The molecule has 0 bridgehead atoms. The molecule has 0 fully saturated rings. The number of nitrogens with one attached hydrogen (secondary N) is 2. The van der Waals surface area contributed by atoms with E-state index in [1.54, 1.807) is 0 Å². The molecule has 7 heteroatoms. The highest BCUT2D eigenvalue weighted by molar-refractivity contribution is 7.88. The van der Waals surface area contributed by atoms with Crippen molar-refractivity contribution in [2.75, 3.05) is 13.3 Å². The van der Waals surface area contributed by atoms with Crippen LogP contribution in [0.5, 0.6) is 0 Å². The number of carbonyl (C=O) groups excluding carboxylic acids is 1. The first-order valence-electron chi connectivity index (χ1n) is 5.25. The molecule has 1 rings (SSSR count). The van der Waals surface area contributed by atoms with Crippen molar-refractivity contribution in [2.24, 2.45) is 0 Å². The Hall–Kier alpha value is -1.47. The topological polar surface area (TPSA) is 75.3 Å². The number of carbonyl (C=O) groups is 1. The highest BCUT2D eigenvalue weighted by Gasteiger charge is 2.19. The Kier molecular flexibility index (Phi) is 4.80. The van der Waals surface area contributed by atoms with Crippen molar-refractivity contribution < 1.29 is 17.6 Å². The van der Waals surface area contributed by atoms with Gasteiger partial charge in [-0.05, 0) is 17.7 Å². The smallest absolute Gasteiger partial charge is 0.221 e. The number of hydrogen-bond donors (Lipinski definition) is 2. The van der Waals surface area contributed by atoms with Crippen molar-refractivity contribution in [1.29, 1.82) is 0 Å². The van der Waals surface area contributed by atoms with Crippen LogP contribution in [0.15, 0.2) is 24.3 Å². The van der Waals surface area contributed by atoms with E-state index < -0.39 is 21.9 Å². The van der Waals surface area contributed by atoms with Gasteiger partial charge >= 0.3 is 0 Å². The number of rotatable bonds is 5. The van der Waals surface area contributed by atoms with Crippen LogP contribution in [0.3, 0.4) is 0 Å².